The molecule has 1 fully saturated rings. The molecule has 2 aromatic rings. The maximum Gasteiger partial charge on any atom is 0.321 e. The number of rotatable bonds is 5. The third kappa shape index (κ3) is 3.69. The highest BCUT2D eigenvalue weighted by Gasteiger charge is 2.27. The second-order valence-electron chi connectivity index (χ2n) is 6.20. The quantitative estimate of drug-likeness (QED) is 0.880. The van der Waals surface area contributed by atoms with Crippen molar-refractivity contribution in [3.63, 3.8) is 0 Å². The molecule has 0 radical (unpaired) electrons. The van der Waals surface area contributed by atoms with Crippen molar-refractivity contribution >= 4 is 22.5 Å². The van der Waals surface area contributed by atoms with Crippen LogP contribution >= 0.6 is 11.3 Å². The number of anilines is 1. The van der Waals surface area contributed by atoms with E-state index in [-0.39, 0.29) is 12.1 Å². The molecule has 1 aliphatic carbocycles. The Kier molecular flexibility index (Phi) is 4.34. The van der Waals surface area contributed by atoms with Gasteiger partial charge in [-0.1, -0.05) is 11.3 Å². The number of nitrogens with zero attached hydrogens (tertiary/aromatic N) is 4. The minimum atomic E-state index is -0.241. The zero-order chi connectivity index (χ0) is 16.6. The molecule has 23 heavy (non-hydrogen) atoms. The first kappa shape index (κ1) is 15.9. The lowest BCUT2D eigenvalue weighted by atomic mass is 10.1. The molecule has 1 aliphatic rings. The number of carbonyl (C=O) groups is 1. The zero-order valence-corrected chi connectivity index (χ0v) is 14.7. The van der Waals surface area contributed by atoms with Gasteiger partial charge in [0.25, 0.3) is 0 Å². The van der Waals surface area contributed by atoms with Crippen LogP contribution in [0.5, 0.6) is 0 Å². The molecule has 2 amide bonds. The van der Waals surface area contributed by atoms with Crippen molar-refractivity contribution in [2.75, 3.05) is 5.32 Å². The number of aromatic nitrogens is 4. The first-order chi connectivity index (χ1) is 10.9. The van der Waals surface area contributed by atoms with Crippen LogP contribution in [0.25, 0.3) is 0 Å². The topological polar surface area (TPSA) is 84.7 Å². The summed E-state index contributed by atoms with van der Waals surface area (Å²) < 4.78 is 1.87. The third-order valence-electron chi connectivity index (χ3n) is 4.13. The van der Waals surface area contributed by atoms with Crippen molar-refractivity contribution in [1.29, 1.82) is 0 Å². The molecule has 3 rings (SSSR count). The van der Waals surface area contributed by atoms with Gasteiger partial charge in [0.2, 0.25) is 5.13 Å². The standard InChI is InChI=1S/C15H22N6OS/c1-8(7-12-9(2)20-21(4)10(12)3)16-14(22)17-15-19-18-13(23-15)11-5-6-11/h8,11H,5-7H2,1-4H3,(H2,16,17,19,22). The molecule has 0 bridgehead atoms. The molecular formula is C15H22N6OS. The lowest BCUT2D eigenvalue weighted by molar-refractivity contribution is 0.249. The van der Waals surface area contributed by atoms with Crippen molar-refractivity contribution in [3.05, 3.63) is 22.0 Å². The monoisotopic (exact) mass is 334 g/mol. The van der Waals surface area contributed by atoms with E-state index < -0.39 is 0 Å². The van der Waals surface area contributed by atoms with Crippen LogP contribution in [0.2, 0.25) is 0 Å². The molecule has 1 saturated carbocycles. The van der Waals surface area contributed by atoms with Crippen molar-refractivity contribution in [1.82, 2.24) is 25.3 Å². The molecule has 2 aromatic heterocycles. The number of amides is 2. The number of nitrogens with one attached hydrogen (secondary N) is 2. The molecule has 0 saturated heterocycles. The average Bonchev–Trinajstić information content (AvgIpc) is 3.19. The summed E-state index contributed by atoms with van der Waals surface area (Å²) >= 11 is 1.46. The van der Waals surface area contributed by atoms with Crippen LogP contribution in [0.3, 0.4) is 0 Å². The summed E-state index contributed by atoms with van der Waals surface area (Å²) in [7, 11) is 1.93. The summed E-state index contributed by atoms with van der Waals surface area (Å²) in [5.41, 5.74) is 3.33. The molecule has 7 nitrogen and oxygen atoms in total. The van der Waals surface area contributed by atoms with Crippen molar-refractivity contribution in [2.24, 2.45) is 7.05 Å². The maximum atomic E-state index is 12.1. The fourth-order valence-electron chi connectivity index (χ4n) is 2.61. The Hall–Kier alpha value is -1.96. The Morgan fingerprint density at radius 1 is 1.39 bits per heavy atom. The first-order valence-corrected chi connectivity index (χ1v) is 8.65. The molecule has 1 unspecified atom stereocenters. The highest BCUT2D eigenvalue weighted by atomic mass is 32.1. The van der Waals surface area contributed by atoms with Crippen LogP contribution in [0, 0.1) is 13.8 Å². The predicted molar refractivity (Wildman–Crippen MR) is 89.9 cm³/mol. The summed E-state index contributed by atoms with van der Waals surface area (Å²) in [6.45, 7) is 6.03. The first-order valence-electron chi connectivity index (χ1n) is 7.84. The van der Waals surface area contributed by atoms with Crippen molar-refractivity contribution < 1.29 is 4.79 Å². The normalized spacial score (nSPS) is 15.5. The predicted octanol–water partition coefficient (Wildman–Crippen LogP) is 2.52. The van der Waals surface area contributed by atoms with E-state index in [1.54, 1.807) is 0 Å². The zero-order valence-electron chi connectivity index (χ0n) is 13.9. The van der Waals surface area contributed by atoms with Gasteiger partial charge in [-0.15, -0.1) is 10.2 Å². The highest BCUT2D eigenvalue weighted by Crippen LogP contribution is 2.41. The van der Waals surface area contributed by atoms with Crippen LogP contribution in [-0.4, -0.2) is 32.1 Å². The van der Waals surface area contributed by atoms with E-state index in [9.17, 15) is 4.79 Å². The van der Waals surface area contributed by atoms with Crippen LogP contribution in [0.15, 0.2) is 0 Å². The molecule has 0 aromatic carbocycles. The summed E-state index contributed by atoms with van der Waals surface area (Å²) in [6.07, 6.45) is 3.12. The average molecular weight is 334 g/mol. The Morgan fingerprint density at radius 3 is 2.74 bits per heavy atom. The minimum Gasteiger partial charge on any atom is -0.335 e. The van der Waals surface area contributed by atoms with Crippen LogP contribution in [0.4, 0.5) is 9.93 Å². The summed E-state index contributed by atoms with van der Waals surface area (Å²) in [5.74, 6) is 0.557. The van der Waals surface area contributed by atoms with Gasteiger partial charge in [0, 0.05) is 24.7 Å². The number of hydrogen-bond donors (Lipinski definition) is 2. The van der Waals surface area contributed by atoms with Crippen molar-refractivity contribution in [3.8, 4) is 0 Å². The fraction of sp³-hybridized carbons (Fsp3) is 0.600. The third-order valence-corrected chi connectivity index (χ3v) is 5.14. The Morgan fingerprint density at radius 2 is 2.13 bits per heavy atom. The summed E-state index contributed by atoms with van der Waals surface area (Å²) in [5, 5.41) is 19.9. The van der Waals surface area contributed by atoms with Crippen molar-refractivity contribution in [2.45, 2.75) is 52.0 Å². The number of hydrogen-bond acceptors (Lipinski definition) is 5. The Labute approximate surface area is 139 Å². The molecule has 2 heterocycles. The largest absolute Gasteiger partial charge is 0.335 e. The molecule has 2 N–H and O–H groups in total. The SMILES string of the molecule is Cc1nn(C)c(C)c1CC(C)NC(=O)Nc1nnc(C2CC2)s1. The highest BCUT2D eigenvalue weighted by molar-refractivity contribution is 7.15. The second-order valence-corrected chi connectivity index (χ2v) is 7.21. The Bertz CT molecular complexity index is 718. The van der Waals surface area contributed by atoms with E-state index in [1.807, 2.05) is 32.5 Å². The lowest BCUT2D eigenvalue weighted by Crippen LogP contribution is -2.37. The lowest BCUT2D eigenvalue weighted by Gasteiger charge is -2.14. The van der Waals surface area contributed by atoms with Gasteiger partial charge in [0.15, 0.2) is 0 Å². The van der Waals surface area contributed by atoms with Crippen LogP contribution in [0.1, 0.15) is 47.6 Å². The van der Waals surface area contributed by atoms with Gasteiger partial charge >= 0.3 is 6.03 Å². The number of carbonyl (C=O) groups excluding carboxylic acids is 1. The van der Waals surface area contributed by atoms with Gasteiger partial charge in [-0.05, 0) is 45.6 Å². The van der Waals surface area contributed by atoms with Gasteiger partial charge < -0.3 is 5.32 Å². The smallest absolute Gasteiger partial charge is 0.321 e. The van der Waals surface area contributed by atoms with E-state index in [1.165, 1.54) is 29.7 Å². The molecule has 8 heteroatoms. The van der Waals surface area contributed by atoms with E-state index in [4.69, 9.17) is 0 Å². The van der Waals surface area contributed by atoms with Gasteiger partial charge in [-0.3, -0.25) is 10.00 Å². The Balaban J connectivity index is 1.54. The van der Waals surface area contributed by atoms with Gasteiger partial charge in [-0.2, -0.15) is 5.10 Å². The molecular weight excluding hydrogens is 312 g/mol. The molecule has 124 valence electrons. The fourth-order valence-corrected chi connectivity index (χ4v) is 3.51. The van der Waals surface area contributed by atoms with E-state index in [2.05, 4.69) is 25.9 Å². The van der Waals surface area contributed by atoms with E-state index in [0.717, 1.165) is 22.8 Å². The van der Waals surface area contributed by atoms with E-state index in [0.29, 0.717) is 11.0 Å². The molecule has 1 atom stereocenters. The molecule has 0 aliphatic heterocycles. The minimum absolute atomic E-state index is 0.00687. The van der Waals surface area contributed by atoms with Crippen LogP contribution in [-0.2, 0) is 13.5 Å². The summed E-state index contributed by atoms with van der Waals surface area (Å²) in [6, 6.07) is -0.234. The van der Waals surface area contributed by atoms with E-state index >= 15 is 0 Å². The number of aryl methyl sites for hydroxylation is 2. The van der Waals surface area contributed by atoms with Gasteiger partial charge in [-0.25, -0.2) is 4.79 Å². The maximum absolute atomic E-state index is 12.1. The number of urea groups is 1. The van der Waals surface area contributed by atoms with Gasteiger partial charge in [0.1, 0.15) is 5.01 Å². The summed E-state index contributed by atoms with van der Waals surface area (Å²) in [4.78, 5) is 12.1. The van der Waals surface area contributed by atoms with Crippen LogP contribution < -0.4 is 10.6 Å². The van der Waals surface area contributed by atoms with Gasteiger partial charge in [0.05, 0.1) is 5.69 Å². The second kappa shape index (κ2) is 6.27. The molecule has 0 spiro atoms.